The normalized spacial score (nSPS) is 20.1. The van der Waals surface area contributed by atoms with Crippen molar-refractivity contribution in [1.82, 2.24) is 15.2 Å². The van der Waals surface area contributed by atoms with Gasteiger partial charge < -0.3 is 15.0 Å². The van der Waals surface area contributed by atoms with Crippen LogP contribution in [0.1, 0.15) is 35.1 Å². The number of ether oxygens (including phenoxy) is 1. The minimum absolute atomic E-state index is 0.0724. The monoisotopic (exact) mass is 361 g/mol. The van der Waals surface area contributed by atoms with Gasteiger partial charge in [0.2, 0.25) is 0 Å². The van der Waals surface area contributed by atoms with Crippen molar-refractivity contribution < 1.29 is 9.53 Å². The Hall–Kier alpha value is -1.99. The predicted octanol–water partition coefficient (Wildman–Crippen LogP) is 2.99. The van der Waals surface area contributed by atoms with Gasteiger partial charge in [-0.15, -0.1) is 11.3 Å². The molecule has 126 valence electrons. The van der Waals surface area contributed by atoms with Crippen molar-refractivity contribution in [1.29, 1.82) is 0 Å². The highest BCUT2D eigenvalue weighted by Crippen LogP contribution is 2.41. The van der Waals surface area contributed by atoms with E-state index in [0.717, 1.165) is 5.69 Å². The Morgan fingerprint density at radius 2 is 2.29 bits per heavy atom. The van der Waals surface area contributed by atoms with E-state index >= 15 is 0 Å². The van der Waals surface area contributed by atoms with Gasteiger partial charge in [0, 0.05) is 11.1 Å². The molecule has 0 bridgehead atoms. The summed E-state index contributed by atoms with van der Waals surface area (Å²) in [4.78, 5) is 19.6. The number of carbonyl (C=O) groups excluding carboxylic acids is 1. The van der Waals surface area contributed by atoms with Gasteiger partial charge >= 0.3 is 5.97 Å². The number of carbonyl (C=O) groups is 1. The fourth-order valence-electron chi connectivity index (χ4n) is 2.89. The average Bonchev–Trinajstić information content (AvgIpc) is 3.12. The van der Waals surface area contributed by atoms with E-state index in [-0.39, 0.29) is 24.6 Å². The van der Waals surface area contributed by atoms with Crippen LogP contribution in [0.2, 0.25) is 0 Å². The van der Waals surface area contributed by atoms with Crippen LogP contribution in [0.4, 0.5) is 0 Å². The molecule has 0 spiro atoms. The van der Waals surface area contributed by atoms with Crippen molar-refractivity contribution in [3.8, 4) is 0 Å². The molecule has 2 aromatic rings. The van der Waals surface area contributed by atoms with Crippen LogP contribution in [-0.2, 0) is 9.53 Å². The average molecular weight is 361 g/mol. The molecule has 0 amide bonds. The molecule has 2 aromatic heterocycles. The van der Waals surface area contributed by atoms with Crippen molar-refractivity contribution in [2.24, 2.45) is 0 Å². The Balaban J connectivity index is 1.97. The van der Waals surface area contributed by atoms with Gasteiger partial charge in [-0.2, -0.15) is 0 Å². The molecule has 1 N–H and O–H groups in total. The number of esters is 1. The number of aryl methyl sites for hydroxylation is 1. The summed E-state index contributed by atoms with van der Waals surface area (Å²) < 4.78 is 5.11. The van der Waals surface area contributed by atoms with Crippen LogP contribution in [0.3, 0.4) is 0 Å². The van der Waals surface area contributed by atoms with E-state index < -0.39 is 0 Å². The lowest BCUT2D eigenvalue weighted by Crippen LogP contribution is -2.35. The van der Waals surface area contributed by atoms with E-state index in [1.807, 2.05) is 23.1 Å². The molecule has 1 aliphatic heterocycles. The maximum atomic E-state index is 12.0. The molecule has 0 aromatic carbocycles. The van der Waals surface area contributed by atoms with Crippen LogP contribution >= 0.6 is 23.6 Å². The maximum absolute atomic E-state index is 12.0. The Bertz CT molecular complexity index is 732. The number of thiocarbonyl (C=S) groups is 1. The first kappa shape index (κ1) is 16.9. The van der Waals surface area contributed by atoms with Gasteiger partial charge in [-0.1, -0.05) is 6.07 Å². The number of pyridine rings is 1. The largest absolute Gasteiger partial charge is 0.465 e. The number of hydrogen-bond donors (Lipinski definition) is 1. The summed E-state index contributed by atoms with van der Waals surface area (Å²) in [6.07, 6.45) is 1.77. The van der Waals surface area contributed by atoms with Gasteiger partial charge in [0.1, 0.15) is 6.54 Å². The molecule has 1 saturated heterocycles. The molecule has 1 fully saturated rings. The molecule has 0 aliphatic carbocycles. The summed E-state index contributed by atoms with van der Waals surface area (Å²) >= 11 is 7.17. The Morgan fingerprint density at radius 1 is 1.46 bits per heavy atom. The standard InChI is InChI=1S/C17H19N3O2S2/c1-3-22-13(21)10-20-15(16-11(2)7-9-24-16)14(19-17(20)23)12-6-4-5-8-18-12/h4-9,14-15H,3,10H2,1-2H3,(H,19,23)/t14-,15-/m1/s1. The van der Waals surface area contributed by atoms with Gasteiger partial charge in [-0.25, -0.2) is 0 Å². The van der Waals surface area contributed by atoms with Crippen molar-refractivity contribution >= 4 is 34.6 Å². The van der Waals surface area contributed by atoms with Crippen LogP contribution < -0.4 is 5.32 Å². The quantitative estimate of drug-likeness (QED) is 0.653. The highest BCUT2D eigenvalue weighted by Gasteiger charge is 2.41. The Labute approximate surface area is 150 Å². The number of thiophene rings is 1. The SMILES string of the molecule is CCOC(=O)CN1C(=S)N[C@H](c2ccccn2)[C@@H]1c1sccc1C. The second-order valence-corrected chi connectivity index (χ2v) is 6.86. The van der Waals surface area contributed by atoms with E-state index in [1.54, 1.807) is 24.5 Å². The van der Waals surface area contributed by atoms with Crippen molar-refractivity contribution in [3.05, 3.63) is 52.0 Å². The highest BCUT2D eigenvalue weighted by molar-refractivity contribution is 7.80. The van der Waals surface area contributed by atoms with Gasteiger partial charge in [0.05, 0.1) is 24.4 Å². The fourth-order valence-corrected chi connectivity index (χ4v) is 4.27. The van der Waals surface area contributed by atoms with E-state index in [0.29, 0.717) is 11.7 Å². The number of aromatic nitrogens is 1. The topological polar surface area (TPSA) is 54.5 Å². The third-order valence-electron chi connectivity index (χ3n) is 3.97. The third-order valence-corrected chi connectivity index (χ3v) is 5.41. The van der Waals surface area contributed by atoms with Gasteiger partial charge in [0.15, 0.2) is 5.11 Å². The zero-order chi connectivity index (χ0) is 17.1. The lowest BCUT2D eigenvalue weighted by Gasteiger charge is -2.26. The van der Waals surface area contributed by atoms with Crippen molar-refractivity contribution in [2.45, 2.75) is 25.9 Å². The number of hydrogen-bond acceptors (Lipinski definition) is 5. The molecule has 0 unspecified atom stereocenters. The van der Waals surface area contributed by atoms with Crippen LogP contribution in [0.5, 0.6) is 0 Å². The van der Waals surface area contributed by atoms with Crippen molar-refractivity contribution in [3.63, 3.8) is 0 Å². The maximum Gasteiger partial charge on any atom is 0.325 e. The van der Waals surface area contributed by atoms with Crippen LogP contribution in [-0.4, -0.2) is 34.1 Å². The number of nitrogens with one attached hydrogen (secondary N) is 1. The molecule has 24 heavy (non-hydrogen) atoms. The fraction of sp³-hybridized carbons (Fsp3) is 0.353. The molecule has 7 heteroatoms. The second kappa shape index (κ2) is 7.27. The zero-order valence-electron chi connectivity index (χ0n) is 13.6. The molecular formula is C17H19N3O2S2. The van der Waals surface area contributed by atoms with E-state index in [9.17, 15) is 4.79 Å². The van der Waals surface area contributed by atoms with Gasteiger partial charge in [-0.05, 0) is 55.2 Å². The lowest BCUT2D eigenvalue weighted by molar-refractivity contribution is -0.143. The number of rotatable bonds is 5. The Kier molecular flexibility index (Phi) is 5.11. The van der Waals surface area contributed by atoms with Gasteiger partial charge in [-0.3, -0.25) is 9.78 Å². The van der Waals surface area contributed by atoms with Crippen LogP contribution in [0.25, 0.3) is 0 Å². The molecule has 5 nitrogen and oxygen atoms in total. The minimum Gasteiger partial charge on any atom is -0.465 e. The second-order valence-electron chi connectivity index (χ2n) is 5.53. The molecule has 3 heterocycles. The molecule has 0 saturated carbocycles. The lowest BCUT2D eigenvalue weighted by atomic mass is 10.0. The molecule has 3 rings (SSSR count). The smallest absolute Gasteiger partial charge is 0.325 e. The van der Waals surface area contributed by atoms with Gasteiger partial charge in [0.25, 0.3) is 0 Å². The summed E-state index contributed by atoms with van der Waals surface area (Å²) in [6.45, 7) is 4.37. The van der Waals surface area contributed by atoms with E-state index in [4.69, 9.17) is 17.0 Å². The first-order chi connectivity index (χ1) is 11.6. The van der Waals surface area contributed by atoms with Crippen LogP contribution in [0.15, 0.2) is 35.8 Å². The first-order valence-corrected chi connectivity index (χ1v) is 9.08. The molecule has 0 radical (unpaired) electrons. The predicted molar refractivity (Wildman–Crippen MR) is 97.8 cm³/mol. The molecular weight excluding hydrogens is 342 g/mol. The first-order valence-electron chi connectivity index (χ1n) is 7.79. The Morgan fingerprint density at radius 3 is 2.92 bits per heavy atom. The molecule has 1 aliphatic rings. The highest BCUT2D eigenvalue weighted by atomic mass is 32.1. The van der Waals surface area contributed by atoms with E-state index in [2.05, 4.69) is 28.7 Å². The van der Waals surface area contributed by atoms with Crippen LogP contribution in [0, 0.1) is 6.92 Å². The summed E-state index contributed by atoms with van der Waals surface area (Å²) in [6, 6.07) is 7.74. The van der Waals surface area contributed by atoms with Crippen molar-refractivity contribution in [2.75, 3.05) is 13.2 Å². The summed E-state index contributed by atoms with van der Waals surface area (Å²) in [7, 11) is 0. The van der Waals surface area contributed by atoms with E-state index in [1.165, 1.54) is 10.4 Å². The zero-order valence-corrected chi connectivity index (χ0v) is 15.2. The summed E-state index contributed by atoms with van der Waals surface area (Å²) in [5.74, 6) is -0.275. The number of nitrogens with zero attached hydrogens (tertiary/aromatic N) is 2. The molecule has 2 atom stereocenters. The third kappa shape index (κ3) is 3.27. The minimum atomic E-state index is -0.275. The summed E-state index contributed by atoms with van der Waals surface area (Å²) in [5.41, 5.74) is 2.09. The summed E-state index contributed by atoms with van der Waals surface area (Å²) in [5, 5.41) is 5.94.